The number of rotatable bonds is 4. The summed E-state index contributed by atoms with van der Waals surface area (Å²) >= 11 is 0. The van der Waals surface area contributed by atoms with Gasteiger partial charge in [0.25, 0.3) is 0 Å². The van der Waals surface area contributed by atoms with Gasteiger partial charge in [0.15, 0.2) is 0 Å². The zero-order chi connectivity index (χ0) is 18.6. The van der Waals surface area contributed by atoms with Crippen LogP contribution in [0.2, 0.25) is 0 Å². The van der Waals surface area contributed by atoms with E-state index < -0.39 is 0 Å². The van der Waals surface area contributed by atoms with Gasteiger partial charge < -0.3 is 15.0 Å². The second-order valence-corrected chi connectivity index (χ2v) is 7.83. The van der Waals surface area contributed by atoms with Crippen LogP contribution in [0.4, 0.5) is 5.82 Å². The zero-order valence-corrected chi connectivity index (χ0v) is 16.1. The van der Waals surface area contributed by atoms with Gasteiger partial charge in [-0.2, -0.15) is 0 Å². The fraction of sp³-hybridized carbons (Fsp3) is 0.545. The number of piperidine rings is 1. The van der Waals surface area contributed by atoms with Gasteiger partial charge in [0.1, 0.15) is 11.6 Å². The lowest BCUT2D eigenvalue weighted by Crippen LogP contribution is -2.46. The first-order valence-corrected chi connectivity index (χ1v) is 10.2. The van der Waals surface area contributed by atoms with Crippen LogP contribution in [0.5, 0.6) is 5.75 Å². The molecule has 0 spiro atoms. The molecule has 1 aliphatic carbocycles. The van der Waals surface area contributed by atoms with E-state index in [1.807, 2.05) is 18.2 Å². The Balaban J connectivity index is 1.34. The Hall–Kier alpha value is -2.30. The molecule has 1 amide bonds. The number of carbonyl (C=O) groups excluding carboxylic acids is 1. The Morgan fingerprint density at radius 3 is 2.59 bits per heavy atom. The van der Waals surface area contributed by atoms with Crippen molar-refractivity contribution >= 4 is 22.6 Å². The van der Waals surface area contributed by atoms with Crippen molar-refractivity contribution in [2.45, 2.75) is 51.0 Å². The SMILES string of the molecule is COc1ccc2nc(N3CCC(NC(=O)C4CCCCC4)CC3)ccc2c1. The zero-order valence-electron chi connectivity index (χ0n) is 16.1. The number of pyridine rings is 1. The van der Waals surface area contributed by atoms with Crippen molar-refractivity contribution in [1.29, 1.82) is 0 Å². The third kappa shape index (κ3) is 4.18. The predicted octanol–water partition coefficient (Wildman–Crippen LogP) is 3.91. The molecule has 1 N–H and O–H groups in total. The minimum atomic E-state index is 0.246. The summed E-state index contributed by atoms with van der Waals surface area (Å²) in [5, 5.41) is 4.39. The third-order valence-electron chi connectivity index (χ3n) is 6.02. The van der Waals surface area contributed by atoms with E-state index >= 15 is 0 Å². The molecule has 2 aliphatic rings. The molecule has 2 aromatic rings. The molecule has 1 saturated carbocycles. The lowest BCUT2D eigenvalue weighted by atomic mass is 9.88. The number of hydrogen-bond donors (Lipinski definition) is 1. The molecule has 0 atom stereocenters. The smallest absolute Gasteiger partial charge is 0.223 e. The van der Waals surface area contributed by atoms with Gasteiger partial charge in [-0.15, -0.1) is 0 Å². The van der Waals surface area contributed by atoms with E-state index in [0.29, 0.717) is 6.04 Å². The van der Waals surface area contributed by atoms with E-state index in [2.05, 4.69) is 22.3 Å². The summed E-state index contributed by atoms with van der Waals surface area (Å²) in [4.78, 5) is 19.6. The number of amides is 1. The van der Waals surface area contributed by atoms with Gasteiger partial charge in [-0.3, -0.25) is 4.79 Å². The highest BCUT2D eigenvalue weighted by atomic mass is 16.5. The predicted molar refractivity (Wildman–Crippen MR) is 108 cm³/mol. The molecule has 1 aliphatic heterocycles. The van der Waals surface area contributed by atoms with E-state index in [9.17, 15) is 4.79 Å². The highest BCUT2D eigenvalue weighted by Gasteiger charge is 2.26. The lowest BCUT2D eigenvalue weighted by molar-refractivity contribution is -0.126. The Morgan fingerprint density at radius 2 is 1.85 bits per heavy atom. The molecule has 5 nitrogen and oxygen atoms in total. The fourth-order valence-corrected chi connectivity index (χ4v) is 4.33. The normalized spacial score (nSPS) is 19.2. The number of methoxy groups -OCH3 is 1. The second-order valence-electron chi connectivity index (χ2n) is 7.83. The van der Waals surface area contributed by atoms with E-state index in [1.54, 1.807) is 7.11 Å². The largest absolute Gasteiger partial charge is 0.497 e. The molecule has 2 heterocycles. The summed E-state index contributed by atoms with van der Waals surface area (Å²) < 4.78 is 5.28. The number of carbonyl (C=O) groups is 1. The van der Waals surface area contributed by atoms with Gasteiger partial charge in [-0.25, -0.2) is 4.98 Å². The van der Waals surface area contributed by atoms with Crippen molar-refractivity contribution in [3.05, 3.63) is 30.3 Å². The Bertz CT molecular complexity index is 793. The third-order valence-corrected chi connectivity index (χ3v) is 6.02. The van der Waals surface area contributed by atoms with E-state index in [4.69, 9.17) is 9.72 Å². The molecule has 0 bridgehead atoms. The highest BCUT2D eigenvalue weighted by molar-refractivity contribution is 5.82. The maximum absolute atomic E-state index is 12.5. The van der Waals surface area contributed by atoms with E-state index in [0.717, 1.165) is 61.2 Å². The van der Waals surface area contributed by atoms with Gasteiger partial charge >= 0.3 is 0 Å². The highest BCUT2D eigenvalue weighted by Crippen LogP contribution is 2.26. The van der Waals surface area contributed by atoms with Crippen LogP contribution in [-0.4, -0.2) is 37.1 Å². The summed E-state index contributed by atoms with van der Waals surface area (Å²) in [6, 6.07) is 10.5. The number of nitrogens with one attached hydrogen (secondary N) is 1. The van der Waals surface area contributed by atoms with Crippen LogP contribution in [0.15, 0.2) is 30.3 Å². The molecule has 2 fully saturated rings. The molecule has 5 heteroatoms. The second kappa shape index (κ2) is 8.15. The van der Waals surface area contributed by atoms with E-state index in [-0.39, 0.29) is 11.8 Å². The number of hydrogen-bond acceptors (Lipinski definition) is 4. The first kappa shape index (κ1) is 18.1. The van der Waals surface area contributed by atoms with Gasteiger partial charge in [-0.1, -0.05) is 19.3 Å². The van der Waals surface area contributed by atoms with Crippen molar-refractivity contribution in [1.82, 2.24) is 10.3 Å². The standard InChI is InChI=1S/C22H29N3O2/c1-27-19-8-9-20-17(15-19)7-10-21(24-20)25-13-11-18(12-14-25)23-22(26)16-5-3-2-4-6-16/h7-10,15-16,18H,2-6,11-14H2,1H3,(H,23,26). The quantitative estimate of drug-likeness (QED) is 0.890. The topological polar surface area (TPSA) is 54.5 Å². The maximum Gasteiger partial charge on any atom is 0.223 e. The van der Waals surface area contributed by atoms with Crippen molar-refractivity contribution < 1.29 is 9.53 Å². The molecule has 4 rings (SSSR count). The molecule has 1 saturated heterocycles. The van der Waals surface area contributed by atoms with Crippen LogP contribution >= 0.6 is 0 Å². The number of benzene rings is 1. The molecule has 0 unspecified atom stereocenters. The summed E-state index contributed by atoms with van der Waals surface area (Å²) in [5.74, 6) is 2.40. The first-order chi connectivity index (χ1) is 13.2. The van der Waals surface area contributed by atoms with Crippen molar-refractivity contribution in [3.8, 4) is 5.75 Å². The van der Waals surface area contributed by atoms with Crippen LogP contribution in [0.3, 0.4) is 0 Å². The number of aromatic nitrogens is 1. The number of anilines is 1. The molecule has 1 aromatic heterocycles. The minimum Gasteiger partial charge on any atom is -0.497 e. The van der Waals surface area contributed by atoms with Crippen molar-refractivity contribution in [3.63, 3.8) is 0 Å². The van der Waals surface area contributed by atoms with Crippen LogP contribution in [-0.2, 0) is 4.79 Å². The summed E-state index contributed by atoms with van der Waals surface area (Å²) in [5.41, 5.74) is 0.987. The number of ether oxygens (including phenoxy) is 1. The molecule has 27 heavy (non-hydrogen) atoms. The molecular weight excluding hydrogens is 338 g/mol. The Kier molecular flexibility index (Phi) is 5.46. The van der Waals surface area contributed by atoms with Gasteiger partial charge in [0.05, 0.1) is 12.6 Å². The minimum absolute atomic E-state index is 0.246. The van der Waals surface area contributed by atoms with Crippen LogP contribution in [0, 0.1) is 5.92 Å². The Labute approximate surface area is 161 Å². The average Bonchev–Trinajstić information content (AvgIpc) is 2.74. The van der Waals surface area contributed by atoms with E-state index in [1.165, 1.54) is 19.3 Å². The van der Waals surface area contributed by atoms with Crippen LogP contribution < -0.4 is 15.0 Å². The van der Waals surface area contributed by atoms with Crippen molar-refractivity contribution in [2.75, 3.05) is 25.1 Å². The average molecular weight is 367 g/mol. The molecule has 0 radical (unpaired) electrons. The maximum atomic E-state index is 12.5. The summed E-state index contributed by atoms with van der Waals surface area (Å²) in [6.07, 6.45) is 7.80. The summed E-state index contributed by atoms with van der Waals surface area (Å²) in [6.45, 7) is 1.87. The van der Waals surface area contributed by atoms with Gasteiger partial charge in [0.2, 0.25) is 5.91 Å². The molecular formula is C22H29N3O2. The van der Waals surface area contributed by atoms with Crippen LogP contribution in [0.25, 0.3) is 10.9 Å². The Morgan fingerprint density at radius 1 is 1.07 bits per heavy atom. The van der Waals surface area contributed by atoms with Gasteiger partial charge in [0, 0.05) is 30.4 Å². The lowest BCUT2D eigenvalue weighted by Gasteiger charge is -2.34. The van der Waals surface area contributed by atoms with Gasteiger partial charge in [-0.05, 0) is 56.0 Å². The monoisotopic (exact) mass is 367 g/mol. The fourth-order valence-electron chi connectivity index (χ4n) is 4.33. The molecule has 1 aromatic carbocycles. The number of nitrogens with zero attached hydrogens (tertiary/aromatic N) is 2. The number of fused-ring (bicyclic) bond motifs is 1. The molecule has 144 valence electrons. The first-order valence-electron chi connectivity index (χ1n) is 10.2. The van der Waals surface area contributed by atoms with Crippen molar-refractivity contribution in [2.24, 2.45) is 5.92 Å². The summed E-state index contributed by atoms with van der Waals surface area (Å²) in [7, 11) is 1.68. The van der Waals surface area contributed by atoms with Crippen LogP contribution in [0.1, 0.15) is 44.9 Å².